The van der Waals surface area contributed by atoms with Gasteiger partial charge >= 0.3 is 0 Å². The van der Waals surface area contributed by atoms with E-state index in [-0.39, 0.29) is 4.90 Å². The zero-order valence-electron chi connectivity index (χ0n) is 11.4. The lowest BCUT2D eigenvalue weighted by molar-refractivity contribution is 0.338. The molecular formula is C14H18N2O2S2. The van der Waals surface area contributed by atoms with Gasteiger partial charge in [0.2, 0.25) is 10.0 Å². The summed E-state index contributed by atoms with van der Waals surface area (Å²) >= 11 is 1.56. The van der Waals surface area contributed by atoms with Crippen LogP contribution in [-0.2, 0) is 10.0 Å². The van der Waals surface area contributed by atoms with Crippen LogP contribution >= 0.6 is 11.8 Å². The van der Waals surface area contributed by atoms with Crippen LogP contribution in [0.25, 0.3) is 0 Å². The monoisotopic (exact) mass is 310 g/mol. The summed E-state index contributed by atoms with van der Waals surface area (Å²) in [6, 6.07) is 8.90. The van der Waals surface area contributed by atoms with E-state index in [1.54, 1.807) is 36.0 Å². The molecule has 0 radical (unpaired) electrons. The van der Waals surface area contributed by atoms with Gasteiger partial charge in [0, 0.05) is 4.90 Å². The molecule has 0 aromatic heterocycles. The van der Waals surface area contributed by atoms with Crippen LogP contribution in [0.1, 0.15) is 32.1 Å². The number of nitrogens with zero attached hydrogens (tertiary/aromatic N) is 1. The Morgan fingerprint density at radius 1 is 1.20 bits per heavy atom. The van der Waals surface area contributed by atoms with Crippen LogP contribution in [0.15, 0.2) is 34.1 Å². The first kappa shape index (κ1) is 15.4. The van der Waals surface area contributed by atoms with Crippen LogP contribution in [0.3, 0.4) is 0 Å². The zero-order valence-corrected chi connectivity index (χ0v) is 13.1. The fraction of sp³-hybridized carbons (Fsp3) is 0.500. The number of nitriles is 1. The lowest BCUT2D eigenvalue weighted by atomic mass is 9.84. The standard InChI is InChI=1S/C14H18N2O2S2/c1-19-12-5-7-13(8-6-12)20(17,18)16-14(11-15)9-3-2-4-10-14/h5-8,16H,2-4,9-10H2,1H3. The van der Waals surface area contributed by atoms with E-state index in [4.69, 9.17) is 0 Å². The summed E-state index contributed by atoms with van der Waals surface area (Å²) in [6.07, 6.45) is 5.96. The molecule has 0 atom stereocenters. The van der Waals surface area contributed by atoms with Gasteiger partial charge in [-0.2, -0.15) is 9.98 Å². The second kappa shape index (κ2) is 6.17. The van der Waals surface area contributed by atoms with E-state index in [1.165, 1.54) is 0 Å². The molecular weight excluding hydrogens is 292 g/mol. The van der Waals surface area contributed by atoms with Gasteiger partial charge in [-0.3, -0.25) is 0 Å². The SMILES string of the molecule is CSc1ccc(S(=O)(=O)NC2(C#N)CCCCC2)cc1. The molecule has 1 aromatic rings. The van der Waals surface area contributed by atoms with Crippen molar-refractivity contribution in [3.63, 3.8) is 0 Å². The molecule has 2 rings (SSSR count). The van der Waals surface area contributed by atoms with Crippen molar-refractivity contribution in [3.05, 3.63) is 24.3 Å². The van der Waals surface area contributed by atoms with Gasteiger partial charge in [0.1, 0.15) is 5.54 Å². The number of hydrogen-bond donors (Lipinski definition) is 1. The predicted octanol–water partition coefficient (Wildman–Crippen LogP) is 2.91. The Kier molecular flexibility index (Phi) is 4.74. The Labute approximate surface area is 124 Å². The fourth-order valence-electron chi connectivity index (χ4n) is 2.46. The van der Waals surface area contributed by atoms with Crippen molar-refractivity contribution in [3.8, 4) is 6.07 Å². The third-order valence-corrected chi connectivity index (χ3v) is 5.92. The highest BCUT2D eigenvalue weighted by molar-refractivity contribution is 7.98. The van der Waals surface area contributed by atoms with E-state index >= 15 is 0 Å². The summed E-state index contributed by atoms with van der Waals surface area (Å²) in [5, 5.41) is 9.35. The molecule has 1 fully saturated rings. The van der Waals surface area contributed by atoms with Gasteiger partial charge in [-0.1, -0.05) is 19.3 Å². The molecule has 0 spiro atoms. The average Bonchev–Trinajstić information content (AvgIpc) is 2.48. The molecule has 1 aliphatic carbocycles. The summed E-state index contributed by atoms with van der Waals surface area (Å²) in [6.45, 7) is 0. The van der Waals surface area contributed by atoms with Crippen LogP contribution in [0.2, 0.25) is 0 Å². The molecule has 0 aliphatic heterocycles. The minimum Gasteiger partial charge on any atom is -0.207 e. The predicted molar refractivity (Wildman–Crippen MR) is 80.0 cm³/mol. The maximum atomic E-state index is 12.4. The highest BCUT2D eigenvalue weighted by Gasteiger charge is 2.36. The van der Waals surface area contributed by atoms with Crippen molar-refractivity contribution in [2.75, 3.05) is 6.26 Å². The van der Waals surface area contributed by atoms with Crippen LogP contribution in [-0.4, -0.2) is 20.2 Å². The van der Waals surface area contributed by atoms with Gasteiger partial charge in [-0.05, 0) is 43.4 Å². The molecule has 1 N–H and O–H groups in total. The number of rotatable bonds is 4. The Balaban J connectivity index is 2.23. The van der Waals surface area contributed by atoms with Gasteiger partial charge in [0.05, 0.1) is 11.0 Å². The van der Waals surface area contributed by atoms with Gasteiger partial charge < -0.3 is 0 Å². The number of nitrogens with one attached hydrogen (secondary N) is 1. The minimum atomic E-state index is -3.64. The van der Waals surface area contributed by atoms with Crippen LogP contribution in [0, 0.1) is 11.3 Å². The third kappa shape index (κ3) is 3.35. The molecule has 4 nitrogen and oxygen atoms in total. The number of sulfonamides is 1. The quantitative estimate of drug-likeness (QED) is 0.868. The second-order valence-corrected chi connectivity index (χ2v) is 7.60. The number of thioether (sulfide) groups is 1. The molecule has 1 aliphatic rings. The Bertz CT molecular complexity index is 597. The Morgan fingerprint density at radius 3 is 2.30 bits per heavy atom. The second-order valence-electron chi connectivity index (χ2n) is 5.04. The highest BCUT2D eigenvalue weighted by atomic mass is 32.2. The normalized spacial score (nSPS) is 18.4. The lowest BCUT2D eigenvalue weighted by Gasteiger charge is -2.31. The zero-order chi connectivity index (χ0) is 14.6. The first-order chi connectivity index (χ1) is 9.51. The van der Waals surface area contributed by atoms with Gasteiger partial charge in [-0.25, -0.2) is 8.42 Å². The molecule has 1 aromatic carbocycles. The minimum absolute atomic E-state index is 0.218. The first-order valence-electron chi connectivity index (χ1n) is 6.61. The molecule has 0 saturated heterocycles. The van der Waals surface area contributed by atoms with Gasteiger partial charge in [0.25, 0.3) is 0 Å². The Morgan fingerprint density at radius 2 is 1.80 bits per heavy atom. The first-order valence-corrected chi connectivity index (χ1v) is 9.31. The maximum Gasteiger partial charge on any atom is 0.241 e. The summed E-state index contributed by atoms with van der Waals surface area (Å²) in [5.41, 5.74) is -0.935. The van der Waals surface area contributed by atoms with Crippen molar-refractivity contribution < 1.29 is 8.42 Å². The molecule has 0 amide bonds. The van der Waals surface area contributed by atoms with Crippen LogP contribution in [0.5, 0.6) is 0 Å². The van der Waals surface area contributed by atoms with Crippen molar-refractivity contribution >= 4 is 21.8 Å². The summed E-state index contributed by atoms with van der Waals surface area (Å²) < 4.78 is 27.4. The number of hydrogen-bond acceptors (Lipinski definition) is 4. The van der Waals surface area contributed by atoms with Crippen molar-refractivity contribution in [1.82, 2.24) is 4.72 Å². The average molecular weight is 310 g/mol. The summed E-state index contributed by atoms with van der Waals surface area (Å²) in [7, 11) is -3.64. The number of benzene rings is 1. The van der Waals surface area contributed by atoms with E-state index in [0.717, 1.165) is 24.2 Å². The fourth-order valence-corrected chi connectivity index (χ4v) is 4.25. The van der Waals surface area contributed by atoms with E-state index in [9.17, 15) is 13.7 Å². The molecule has 0 unspecified atom stereocenters. The van der Waals surface area contributed by atoms with Crippen LogP contribution in [0.4, 0.5) is 0 Å². The van der Waals surface area contributed by atoms with Crippen molar-refractivity contribution in [1.29, 1.82) is 5.26 Å². The van der Waals surface area contributed by atoms with Crippen molar-refractivity contribution in [2.24, 2.45) is 0 Å². The molecule has 0 heterocycles. The molecule has 20 heavy (non-hydrogen) atoms. The summed E-state index contributed by atoms with van der Waals surface area (Å²) in [4.78, 5) is 1.23. The molecule has 0 bridgehead atoms. The van der Waals surface area contributed by atoms with Gasteiger partial charge in [0.15, 0.2) is 0 Å². The maximum absolute atomic E-state index is 12.4. The van der Waals surface area contributed by atoms with E-state index in [0.29, 0.717) is 12.8 Å². The molecule has 1 saturated carbocycles. The lowest BCUT2D eigenvalue weighted by Crippen LogP contribution is -2.48. The topological polar surface area (TPSA) is 70.0 Å². The molecule has 108 valence electrons. The van der Waals surface area contributed by atoms with Gasteiger partial charge in [-0.15, -0.1) is 11.8 Å². The van der Waals surface area contributed by atoms with E-state index in [2.05, 4.69) is 10.8 Å². The molecule has 6 heteroatoms. The third-order valence-electron chi connectivity index (χ3n) is 3.62. The summed E-state index contributed by atoms with van der Waals surface area (Å²) in [5.74, 6) is 0. The van der Waals surface area contributed by atoms with E-state index in [1.807, 2.05) is 6.26 Å². The van der Waals surface area contributed by atoms with E-state index < -0.39 is 15.6 Å². The van der Waals surface area contributed by atoms with Crippen LogP contribution < -0.4 is 4.72 Å². The smallest absolute Gasteiger partial charge is 0.207 e. The Hall–Kier alpha value is -1.03. The highest BCUT2D eigenvalue weighted by Crippen LogP contribution is 2.29. The largest absolute Gasteiger partial charge is 0.241 e. The van der Waals surface area contributed by atoms with Crippen molar-refractivity contribution in [2.45, 2.75) is 47.4 Å².